The van der Waals surface area contributed by atoms with Crippen LogP contribution in [0.5, 0.6) is 11.5 Å². The largest absolute Gasteiger partial charge is 0.503 e. The van der Waals surface area contributed by atoms with Crippen molar-refractivity contribution in [3.8, 4) is 11.5 Å². The van der Waals surface area contributed by atoms with Crippen LogP contribution >= 0.6 is 0 Å². The van der Waals surface area contributed by atoms with E-state index in [1.165, 1.54) is 26.3 Å². The number of hydrogen-bond acceptors (Lipinski definition) is 6. The van der Waals surface area contributed by atoms with E-state index in [-0.39, 0.29) is 11.4 Å². The normalized spacial score (nSPS) is 13.5. The van der Waals surface area contributed by atoms with Gasteiger partial charge in [-0.3, -0.25) is 4.79 Å². The van der Waals surface area contributed by atoms with Gasteiger partial charge in [0.2, 0.25) is 0 Å². The molecule has 0 saturated carbocycles. The Bertz CT molecular complexity index is 1070. The number of benzene rings is 2. The SMILES string of the molecule is COc1ccnc(C(=O)N[C@@H](C)C(=O)O[C@@](C)(Cc2ccccc2)c2ccccc2)c1O. The standard InChI is InChI=1S/C25H26N2O5/c1-17(27-23(29)21-22(28)20(31-3)14-15-26-21)24(30)32-25(2,19-12-8-5-9-13-19)16-18-10-6-4-7-11-18/h4-15,17,28H,16H2,1-3H3,(H,27,29)/t17-,25-/m0/s1. The topological polar surface area (TPSA) is 97.8 Å². The number of nitrogens with one attached hydrogen (secondary N) is 1. The zero-order valence-electron chi connectivity index (χ0n) is 18.2. The van der Waals surface area contributed by atoms with Gasteiger partial charge in [-0.15, -0.1) is 0 Å². The summed E-state index contributed by atoms with van der Waals surface area (Å²) in [6.07, 6.45) is 1.80. The van der Waals surface area contributed by atoms with Crippen molar-refractivity contribution < 1.29 is 24.2 Å². The lowest BCUT2D eigenvalue weighted by Crippen LogP contribution is -2.43. The molecule has 0 radical (unpaired) electrons. The Kier molecular flexibility index (Phi) is 7.10. The third-order valence-corrected chi connectivity index (χ3v) is 5.12. The van der Waals surface area contributed by atoms with Crippen molar-refractivity contribution in [1.29, 1.82) is 0 Å². The lowest BCUT2D eigenvalue weighted by molar-refractivity contribution is -0.161. The van der Waals surface area contributed by atoms with Crippen LogP contribution in [-0.4, -0.2) is 35.1 Å². The summed E-state index contributed by atoms with van der Waals surface area (Å²) in [7, 11) is 1.37. The number of amides is 1. The van der Waals surface area contributed by atoms with Crippen molar-refractivity contribution in [2.45, 2.75) is 31.9 Å². The van der Waals surface area contributed by atoms with E-state index in [0.29, 0.717) is 6.42 Å². The Hall–Kier alpha value is -3.87. The number of esters is 1. The zero-order chi connectivity index (χ0) is 23.1. The van der Waals surface area contributed by atoms with Gasteiger partial charge in [-0.05, 0) is 25.0 Å². The van der Waals surface area contributed by atoms with Crippen LogP contribution in [0.1, 0.15) is 35.5 Å². The quantitative estimate of drug-likeness (QED) is 0.526. The molecule has 0 unspecified atom stereocenters. The first-order chi connectivity index (χ1) is 15.3. The highest BCUT2D eigenvalue weighted by atomic mass is 16.6. The lowest BCUT2D eigenvalue weighted by atomic mass is 9.88. The molecule has 7 heteroatoms. The minimum Gasteiger partial charge on any atom is -0.503 e. The number of hydrogen-bond donors (Lipinski definition) is 2. The molecule has 0 bridgehead atoms. The van der Waals surface area contributed by atoms with E-state index in [0.717, 1.165) is 11.1 Å². The van der Waals surface area contributed by atoms with Gasteiger partial charge in [0, 0.05) is 18.7 Å². The maximum absolute atomic E-state index is 13.0. The van der Waals surface area contributed by atoms with Gasteiger partial charge in [-0.1, -0.05) is 60.7 Å². The smallest absolute Gasteiger partial charge is 0.329 e. The van der Waals surface area contributed by atoms with Crippen molar-refractivity contribution >= 4 is 11.9 Å². The van der Waals surface area contributed by atoms with Gasteiger partial charge < -0.3 is 19.9 Å². The molecule has 0 spiro atoms. The second-order valence-corrected chi connectivity index (χ2v) is 7.59. The van der Waals surface area contributed by atoms with Crippen LogP contribution in [-0.2, 0) is 21.6 Å². The predicted octanol–water partition coefficient (Wildman–Crippen LogP) is 3.62. The number of pyridine rings is 1. The molecule has 166 valence electrons. The number of ether oxygens (including phenoxy) is 2. The number of methoxy groups -OCH3 is 1. The number of aromatic hydroxyl groups is 1. The monoisotopic (exact) mass is 434 g/mol. The maximum atomic E-state index is 13.0. The summed E-state index contributed by atoms with van der Waals surface area (Å²) in [5.41, 5.74) is 0.658. The molecule has 1 aromatic heterocycles. The summed E-state index contributed by atoms with van der Waals surface area (Å²) in [6, 6.07) is 19.6. The average molecular weight is 434 g/mol. The van der Waals surface area contributed by atoms with Crippen molar-refractivity contribution in [2.24, 2.45) is 0 Å². The number of nitrogens with zero attached hydrogens (tertiary/aromatic N) is 1. The average Bonchev–Trinajstić information content (AvgIpc) is 2.80. The third kappa shape index (κ3) is 5.24. The second kappa shape index (κ2) is 9.96. The van der Waals surface area contributed by atoms with Crippen LogP contribution < -0.4 is 10.1 Å². The molecule has 2 atom stereocenters. The summed E-state index contributed by atoms with van der Waals surface area (Å²) < 4.78 is 10.9. The molecular formula is C25H26N2O5. The molecule has 2 N–H and O–H groups in total. The predicted molar refractivity (Wildman–Crippen MR) is 119 cm³/mol. The molecule has 2 aromatic carbocycles. The van der Waals surface area contributed by atoms with E-state index in [1.54, 1.807) is 0 Å². The molecule has 0 aliphatic rings. The van der Waals surface area contributed by atoms with Crippen LogP contribution in [0.3, 0.4) is 0 Å². The van der Waals surface area contributed by atoms with Crippen LogP contribution in [0.2, 0.25) is 0 Å². The Labute approximate surface area is 187 Å². The zero-order valence-corrected chi connectivity index (χ0v) is 18.2. The highest BCUT2D eigenvalue weighted by molar-refractivity contribution is 5.97. The fourth-order valence-corrected chi connectivity index (χ4v) is 3.37. The minimum atomic E-state index is -0.978. The first kappa shape index (κ1) is 22.8. The fourth-order valence-electron chi connectivity index (χ4n) is 3.37. The number of carbonyl (C=O) groups excluding carboxylic acids is 2. The van der Waals surface area contributed by atoms with Gasteiger partial charge in [0.15, 0.2) is 17.2 Å². The van der Waals surface area contributed by atoms with Gasteiger partial charge in [-0.2, -0.15) is 0 Å². The summed E-state index contributed by atoms with van der Waals surface area (Å²) >= 11 is 0. The Morgan fingerprint density at radius 3 is 2.31 bits per heavy atom. The minimum absolute atomic E-state index is 0.111. The molecular weight excluding hydrogens is 408 g/mol. The molecule has 0 saturated heterocycles. The molecule has 0 aliphatic heterocycles. The van der Waals surface area contributed by atoms with Crippen LogP contribution in [0.25, 0.3) is 0 Å². The fraction of sp³-hybridized carbons (Fsp3) is 0.240. The maximum Gasteiger partial charge on any atom is 0.329 e. The Morgan fingerprint density at radius 1 is 1.06 bits per heavy atom. The molecule has 3 aromatic rings. The second-order valence-electron chi connectivity index (χ2n) is 7.59. The van der Waals surface area contributed by atoms with E-state index < -0.39 is 29.3 Å². The molecule has 0 aliphatic carbocycles. The molecule has 32 heavy (non-hydrogen) atoms. The van der Waals surface area contributed by atoms with E-state index in [1.807, 2.05) is 67.6 Å². The van der Waals surface area contributed by atoms with Crippen molar-refractivity contribution in [2.75, 3.05) is 7.11 Å². The number of carbonyl (C=O) groups is 2. The first-order valence-electron chi connectivity index (χ1n) is 10.2. The van der Waals surface area contributed by atoms with Gasteiger partial charge in [0.05, 0.1) is 7.11 Å². The van der Waals surface area contributed by atoms with E-state index >= 15 is 0 Å². The summed E-state index contributed by atoms with van der Waals surface area (Å²) in [5, 5.41) is 12.7. The van der Waals surface area contributed by atoms with Crippen molar-refractivity contribution in [3.63, 3.8) is 0 Å². The van der Waals surface area contributed by atoms with E-state index in [9.17, 15) is 14.7 Å². The lowest BCUT2D eigenvalue weighted by Gasteiger charge is -2.31. The summed E-state index contributed by atoms with van der Waals surface area (Å²) in [6.45, 7) is 3.36. The molecule has 1 heterocycles. The molecule has 0 fully saturated rings. The van der Waals surface area contributed by atoms with Crippen LogP contribution in [0.15, 0.2) is 72.9 Å². The highest BCUT2D eigenvalue weighted by Crippen LogP contribution is 2.31. The molecule has 3 rings (SSSR count). The number of aromatic nitrogens is 1. The summed E-state index contributed by atoms with van der Waals surface area (Å²) in [4.78, 5) is 29.4. The highest BCUT2D eigenvalue weighted by Gasteiger charge is 2.34. The Morgan fingerprint density at radius 2 is 1.69 bits per heavy atom. The van der Waals surface area contributed by atoms with E-state index in [4.69, 9.17) is 9.47 Å². The third-order valence-electron chi connectivity index (χ3n) is 5.12. The van der Waals surface area contributed by atoms with Gasteiger partial charge >= 0.3 is 5.97 Å². The van der Waals surface area contributed by atoms with Crippen LogP contribution in [0, 0.1) is 0 Å². The van der Waals surface area contributed by atoms with Crippen molar-refractivity contribution in [1.82, 2.24) is 10.3 Å². The van der Waals surface area contributed by atoms with Gasteiger partial charge in [0.1, 0.15) is 11.6 Å². The molecule has 1 amide bonds. The van der Waals surface area contributed by atoms with Gasteiger partial charge in [-0.25, -0.2) is 9.78 Å². The first-order valence-corrected chi connectivity index (χ1v) is 10.2. The van der Waals surface area contributed by atoms with Gasteiger partial charge in [0.25, 0.3) is 5.91 Å². The van der Waals surface area contributed by atoms with Crippen LogP contribution in [0.4, 0.5) is 0 Å². The number of rotatable bonds is 8. The molecule has 7 nitrogen and oxygen atoms in total. The van der Waals surface area contributed by atoms with Crippen molar-refractivity contribution in [3.05, 3.63) is 89.7 Å². The Balaban J connectivity index is 1.78. The van der Waals surface area contributed by atoms with E-state index in [2.05, 4.69) is 10.3 Å². The summed E-state index contributed by atoms with van der Waals surface area (Å²) in [5.74, 6) is -1.61.